The number of piperazine rings is 1. The fraction of sp³-hybridized carbons (Fsp3) is 0.318. The number of amides is 1. The average Bonchev–Trinajstić information content (AvgIpc) is 3.26. The van der Waals surface area contributed by atoms with Gasteiger partial charge in [0.1, 0.15) is 12.4 Å². The van der Waals surface area contributed by atoms with Gasteiger partial charge in [-0.3, -0.25) is 9.89 Å². The van der Waals surface area contributed by atoms with E-state index in [1.165, 1.54) is 23.0 Å². The molecular formula is C22H25N5O2S. The molecule has 1 aliphatic heterocycles. The van der Waals surface area contributed by atoms with Crippen molar-refractivity contribution in [3.05, 3.63) is 66.0 Å². The maximum absolute atomic E-state index is 12.6. The van der Waals surface area contributed by atoms with Crippen LogP contribution in [0.1, 0.15) is 11.4 Å². The van der Waals surface area contributed by atoms with Crippen LogP contribution in [0.15, 0.2) is 59.8 Å². The molecule has 30 heavy (non-hydrogen) atoms. The van der Waals surface area contributed by atoms with Crippen molar-refractivity contribution in [2.24, 2.45) is 0 Å². The standard InChI is InChI=1S/C22H25N5O2S/c1-17-7-9-19(10-8-17)29-15-20-23-22(25-24-20)30-16-21(28)27-13-11-26(12-14-27)18-5-3-2-4-6-18/h2-10H,11-16H2,1H3,(H,23,24,25). The molecule has 4 rings (SSSR count). The number of nitrogens with one attached hydrogen (secondary N) is 1. The number of benzene rings is 2. The summed E-state index contributed by atoms with van der Waals surface area (Å²) >= 11 is 1.35. The minimum absolute atomic E-state index is 0.120. The molecule has 0 saturated carbocycles. The summed E-state index contributed by atoms with van der Waals surface area (Å²) in [7, 11) is 0. The Morgan fingerprint density at radius 1 is 1.07 bits per heavy atom. The normalized spacial score (nSPS) is 14.0. The number of anilines is 1. The number of nitrogens with zero attached hydrogens (tertiary/aromatic N) is 4. The second-order valence-corrected chi connectivity index (χ2v) is 8.10. The first-order valence-electron chi connectivity index (χ1n) is 9.99. The number of ether oxygens (including phenoxy) is 1. The van der Waals surface area contributed by atoms with Gasteiger partial charge in [0, 0.05) is 31.9 Å². The fourth-order valence-corrected chi connectivity index (χ4v) is 3.98. The predicted octanol–water partition coefficient (Wildman–Crippen LogP) is 3.13. The largest absolute Gasteiger partial charge is 0.486 e. The van der Waals surface area contributed by atoms with Crippen molar-refractivity contribution in [3.8, 4) is 5.75 Å². The third-order valence-corrected chi connectivity index (χ3v) is 5.82. The Morgan fingerprint density at radius 3 is 2.53 bits per heavy atom. The highest BCUT2D eigenvalue weighted by molar-refractivity contribution is 7.99. The number of hydrogen-bond donors (Lipinski definition) is 1. The molecule has 0 aliphatic carbocycles. The van der Waals surface area contributed by atoms with E-state index >= 15 is 0 Å². The SMILES string of the molecule is Cc1ccc(OCc2nc(SCC(=O)N3CCN(c4ccccc4)CC3)n[nH]2)cc1. The van der Waals surface area contributed by atoms with Crippen LogP contribution in [0.2, 0.25) is 0 Å². The average molecular weight is 424 g/mol. The monoisotopic (exact) mass is 423 g/mol. The van der Waals surface area contributed by atoms with Gasteiger partial charge in [-0.2, -0.15) is 0 Å². The molecule has 1 amide bonds. The van der Waals surface area contributed by atoms with Crippen LogP contribution in [0.3, 0.4) is 0 Å². The minimum atomic E-state index is 0.120. The molecule has 156 valence electrons. The van der Waals surface area contributed by atoms with Gasteiger partial charge in [-0.15, -0.1) is 5.10 Å². The van der Waals surface area contributed by atoms with Gasteiger partial charge < -0.3 is 14.5 Å². The molecule has 0 atom stereocenters. The van der Waals surface area contributed by atoms with E-state index < -0.39 is 0 Å². The number of hydrogen-bond acceptors (Lipinski definition) is 6. The van der Waals surface area contributed by atoms with Crippen LogP contribution in [-0.2, 0) is 11.4 Å². The molecule has 1 aliphatic rings. The van der Waals surface area contributed by atoms with E-state index in [2.05, 4.69) is 32.2 Å². The second kappa shape index (κ2) is 9.67. The van der Waals surface area contributed by atoms with Crippen molar-refractivity contribution in [1.82, 2.24) is 20.1 Å². The van der Waals surface area contributed by atoms with Gasteiger partial charge in [0.2, 0.25) is 11.1 Å². The first kappa shape index (κ1) is 20.3. The van der Waals surface area contributed by atoms with Gasteiger partial charge in [0.05, 0.1) is 5.75 Å². The molecule has 8 heteroatoms. The summed E-state index contributed by atoms with van der Waals surface area (Å²) in [4.78, 5) is 21.2. The Hall–Kier alpha value is -3.00. The van der Waals surface area contributed by atoms with E-state index in [4.69, 9.17) is 4.74 Å². The highest BCUT2D eigenvalue weighted by Gasteiger charge is 2.21. The number of para-hydroxylation sites is 1. The van der Waals surface area contributed by atoms with Gasteiger partial charge in [0.25, 0.3) is 0 Å². The third-order valence-electron chi connectivity index (χ3n) is 4.99. The lowest BCUT2D eigenvalue weighted by Crippen LogP contribution is -2.49. The molecule has 0 unspecified atom stereocenters. The van der Waals surface area contributed by atoms with Crippen molar-refractivity contribution < 1.29 is 9.53 Å². The zero-order chi connectivity index (χ0) is 20.8. The van der Waals surface area contributed by atoms with E-state index in [0.717, 1.165) is 31.9 Å². The van der Waals surface area contributed by atoms with E-state index in [0.29, 0.717) is 23.3 Å². The maximum Gasteiger partial charge on any atom is 0.233 e. The topological polar surface area (TPSA) is 74.3 Å². The molecule has 2 aromatic carbocycles. The number of thioether (sulfide) groups is 1. The first-order valence-corrected chi connectivity index (χ1v) is 11.0. The number of carbonyl (C=O) groups is 1. The fourth-order valence-electron chi connectivity index (χ4n) is 3.26. The first-order chi connectivity index (χ1) is 14.7. The number of carbonyl (C=O) groups excluding carboxylic acids is 1. The van der Waals surface area contributed by atoms with Gasteiger partial charge in [-0.05, 0) is 31.2 Å². The molecule has 1 aromatic heterocycles. The zero-order valence-electron chi connectivity index (χ0n) is 17.0. The summed E-state index contributed by atoms with van der Waals surface area (Å²) in [5.74, 6) is 1.88. The number of rotatable bonds is 7. The summed E-state index contributed by atoms with van der Waals surface area (Å²) in [5, 5.41) is 7.62. The summed E-state index contributed by atoms with van der Waals surface area (Å²) < 4.78 is 5.70. The lowest BCUT2D eigenvalue weighted by molar-refractivity contribution is -0.128. The van der Waals surface area contributed by atoms with Crippen LogP contribution in [0.25, 0.3) is 0 Å². The van der Waals surface area contributed by atoms with Crippen molar-refractivity contribution in [3.63, 3.8) is 0 Å². The number of aromatic nitrogens is 3. The van der Waals surface area contributed by atoms with Crippen LogP contribution < -0.4 is 9.64 Å². The smallest absolute Gasteiger partial charge is 0.233 e. The molecule has 7 nitrogen and oxygen atoms in total. The summed E-state index contributed by atoms with van der Waals surface area (Å²) in [5.41, 5.74) is 2.40. The lowest BCUT2D eigenvalue weighted by Gasteiger charge is -2.36. The quantitative estimate of drug-likeness (QED) is 0.589. The number of aryl methyl sites for hydroxylation is 1. The van der Waals surface area contributed by atoms with Crippen molar-refractivity contribution in [2.45, 2.75) is 18.7 Å². The molecule has 0 spiro atoms. The molecule has 2 heterocycles. The summed E-state index contributed by atoms with van der Waals surface area (Å²) in [6.07, 6.45) is 0. The van der Waals surface area contributed by atoms with Crippen LogP contribution >= 0.6 is 11.8 Å². The molecule has 0 radical (unpaired) electrons. The van der Waals surface area contributed by atoms with Crippen LogP contribution in [0, 0.1) is 6.92 Å². The van der Waals surface area contributed by atoms with Gasteiger partial charge in [-0.1, -0.05) is 47.7 Å². The van der Waals surface area contributed by atoms with Crippen molar-refractivity contribution >= 4 is 23.4 Å². The van der Waals surface area contributed by atoms with E-state index in [1.54, 1.807) is 0 Å². The Morgan fingerprint density at radius 2 is 1.80 bits per heavy atom. The zero-order valence-corrected chi connectivity index (χ0v) is 17.8. The van der Waals surface area contributed by atoms with Gasteiger partial charge in [0.15, 0.2) is 5.82 Å². The minimum Gasteiger partial charge on any atom is -0.486 e. The molecule has 1 fully saturated rings. The molecule has 1 saturated heterocycles. The number of aromatic amines is 1. The Bertz CT molecular complexity index is 953. The van der Waals surface area contributed by atoms with Crippen LogP contribution in [-0.4, -0.2) is 57.9 Å². The lowest BCUT2D eigenvalue weighted by atomic mass is 10.2. The predicted molar refractivity (Wildman–Crippen MR) is 118 cm³/mol. The molecule has 3 aromatic rings. The van der Waals surface area contributed by atoms with Gasteiger partial charge >= 0.3 is 0 Å². The second-order valence-electron chi connectivity index (χ2n) is 7.16. The van der Waals surface area contributed by atoms with E-state index in [-0.39, 0.29) is 5.91 Å². The third kappa shape index (κ3) is 5.33. The van der Waals surface area contributed by atoms with Crippen molar-refractivity contribution in [1.29, 1.82) is 0 Å². The van der Waals surface area contributed by atoms with E-state index in [1.807, 2.05) is 54.3 Å². The highest BCUT2D eigenvalue weighted by Crippen LogP contribution is 2.18. The Balaban J connectivity index is 1.20. The van der Waals surface area contributed by atoms with E-state index in [9.17, 15) is 4.79 Å². The maximum atomic E-state index is 12.6. The summed E-state index contributed by atoms with van der Waals surface area (Å²) in [6.45, 7) is 5.51. The Kier molecular flexibility index (Phi) is 6.53. The molecule has 1 N–H and O–H groups in total. The molecular weight excluding hydrogens is 398 g/mol. The van der Waals surface area contributed by atoms with Crippen LogP contribution in [0.5, 0.6) is 5.75 Å². The Labute approximate surface area is 180 Å². The van der Waals surface area contributed by atoms with Crippen molar-refractivity contribution in [2.75, 3.05) is 36.8 Å². The molecule has 0 bridgehead atoms. The number of H-pyrrole nitrogens is 1. The highest BCUT2D eigenvalue weighted by atomic mass is 32.2. The summed E-state index contributed by atoms with van der Waals surface area (Å²) in [6, 6.07) is 18.2. The van der Waals surface area contributed by atoms with Gasteiger partial charge in [-0.25, -0.2) is 4.98 Å². The van der Waals surface area contributed by atoms with Crippen LogP contribution in [0.4, 0.5) is 5.69 Å².